The molecule has 0 bridgehead atoms. The van der Waals surface area contributed by atoms with Crippen LogP contribution in [0.3, 0.4) is 0 Å². The normalized spacial score (nSPS) is 12.2. The van der Waals surface area contributed by atoms with Crippen molar-refractivity contribution >= 4 is 34.2 Å². The van der Waals surface area contributed by atoms with E-state index in [9.17, 15) is 4.79 Å². The molecule has 0 aliphatic heterocycles. The predicted molar refractivity (Wildman–Crippen MR) is 98.3 cm³/mol. The Bertz CT molecular complexity index is 952. The second-order valence-corrected chi connectivity index (χ2v) is 6.38. The first kappa shape index (κ1) is 17.2. The molecule has 1 aromatic heterocycles. The first-order valence-corrected chi connectivity index (χ1v) is 8.25. The van der Waals surface area contributed by atoms with Gasteiger partial charge in [0.15, 0.2) is 0 Å². The zero-order valence-corrected chi connectivity index (χ0v) is 15.3. The van der Waals surface area contributed by atoms with Gasteiger partial charge in [-0.3, -0.25) is 4.79 Å². The van der Waals surface area contributed by atoms with Crippen LogP contribution in [0.2, 0.25) is 5.02 Å². The molecule has 2 aromatic carbocycles. The van der Waals surface area contributed by atoms with Crippen molar-refractivity contribution in [2.45, 2.75) is 26.8 Å². The van der Waals surface area contributed by atoms with E-state index < -0.39 is 6.04 Å². The van der Waals surface area contributed by atoms with Crippen LogP contribution in [-0.4, -0.2) is 28.0 Å². The summed E-state index contributed by atoms with van der Waals surface area (Å²) in [5.41, 5.74) is 4.47. The number of amides is 1. The van der Waals surface area contributed by atoms with Crippen molar-refractivity contribution in [3.8, 4) is 5.75 Å². The van der Waals surface area contributed by atoms with Crippen molar-refractivity contribution in [3.63, 3.8) is 0 Å². The number of hydrogen-bond donors (Lipinski definition) is 1. The summed E-state index contributed by atoms with van der Waals surface area (Å²) in [6, 6.07) is 8.55. The topological polar surface area (TPSA) is 69.0 Å². The number of halogens is 1. The highest BCUT2D eigenvalue weighted by Crippen LogP contribution is 2.28. The molecular formula is C18H19ClN4O2. The van der Waals surface area contributed by atoms with E-state index in [1.807, 2.05) is 26.0 Å². The maximum Gasteiger partial charge on any atom is 0.249 e. The highest BCUT2D eigenvalue weighted by molar-refractivity contribution is 6.32. The zero-order valence-electron chi connectivity index (χ0n) is 14.5. The molecule has 130 valence electrons. The van der Waals surface area contributed by atoms with Crippen molar-refractivity contribution in [1.82, 2.24) is 15.0 Å². The lowest BCUT2D eigenvalue weighted by atomic mass is 10.1. The lowest BCUT2D eigenvalue weighted by Gasteiger charge is -2.14. The van der Waals surface area contributed by atoms with Crippen LogP contribution in [-0.2, 0) is 4.79 Å². The molecule has 25 heavy (non-hydrogen) atoms. The second-order valence-electron chi connectivity index (χ2n) is 5.97. The quantitative estimate of drug-likeness (QED) is 0.767. The first-order chi connectivity index (χ1) is 11.9. The molecule has 1 unspecified atom stereocenters. The van der Waals surface area contributed by atoms with Gasteiger partial charge >= 0.3 is 0 Å². The highest BCUT2D eigenvalue weighted by atomic mass is 35.5. The van der Waals surface area contributed by atoms with Crippen LogP contribution in [0.25, 0.3) is 11.0 Å². The molecule has 0 aliphatic rings. The molecule has 0 aliphatic carbocycles. The minimum Gasteiger partial charge on any atom is -0.495 e. The largest absolute Gasteiger partial charge is 0.495 e. The minimum atomic E-state index is -0.520. The molecule has 3 aromatic rings. The van der Waals surface area contributed by atoms with Crippen molar-refractivity contribution in [1.29, 1.82) is 0 Å². The Labute approximate surface area is 150 Å². The van der Waals surface area contributed by atoms with Crippen molar-refractivity contribution < 1.29 is 9.53 Å². The summed E-state index contributed by atoms with van der Waals surface area (Å²) in [6.45, 7) is 5.83. The van der Waals surface area contributed by atoms with Gasteiger partial charge in [0, 0.05) is 5.69 Å². The number of rotatable bonds is 4. The molecule has 1 amide bonds. The molecular weight excluding hydrogens is 340 g/mol. The predicted octanol–water partition coefficient (Wildman–Crippen LogP) is 3.91. The fourth-order valence-corrected chi connectivity index (χ4v) is 2.84. The molecule has 3 rings (SSSR count). The van der Waals surface area contributed by atoms with E-state index in [1.165, 1.54) is 0 Å². The maximum absolute atomic E-state index is 12.6. The second kappa shape index (κ2) is 6.72. The molecule has 1 N–H and O–H groups in total. The Morgan fingerprint density at radius 2 is 1.96 bits per heavy atom. The van der Waals surface area contributed by atoms with Gasteiger partial charge in [-0.15, -0.1) is 5.10 Å². The Kier molecular flexibility index (Phi) is 4.63. The van der Waals surface area contributed by atoms with Crippen LogP contribution in [0.15, 0.2) is 30.3 Å². The van der Waals surface area contributed by atoms with Gasteiger partial charge in [-0.05, 0) is 62.2 Å². The van der Waals surface area contributed by atoms with E-state index in [1.54, 1.807) is 36.9 Å². The Morgan fingerprint density at radius 1 is 1.24 bits per heavy atom. The fraction of sp³-hybridized carbons (Fsp3) is 0.278. The molecule has 0 fully saturated rings. The van der Waals surface area contributed by atoms with Crippen LogP contribution >= 0.6 is 11.6 Å². The third kappa shape index (κ3) is 3.30. The van der Waals surface area contributed by atoms with Gasteiger partial charge in [-0.1, -0.05) is 16.8 Å². The average molecular weight is 359 g/mol. The molecule has 1 atom stereocenters. The number of fused-ring (bicyclic) bond motifs is 1. The standard InChI is InChI=1S/C18H19ClN4O2/c1-10-7-15-16(8-11(10)2)23(22-21-15)12(3)18(24)20-13-5-6-17(25-4)14(19)9-13/h5-9,12H,1-4H3,(H,20,24). The van der Waals surface area contributed by atoms with E-state index in [4.69, 9.17) is 16.3 Å². The molecule has 6 nitrogen and oxygen atoms in total. The van der Waals surface area contributed by atoms with E-state index in [2.05, 4.69) is 15.6 Å². The van der Waals surface area contributed by atoms with E-state index >= 15 is 0 Å². The number of aryl methyl sites for hydroxylation is 2. The van der Waals surface area contributed by atoms with Gasteiger partial charge in [0.25, 0.3) is 0 Å². The third-order valence-corrected chi connectivity index (χ3v) is 4.55. The number of benzene rings is 2. The molecule has 0 saturated carbocycles. The number of aromatic nitrogens is 3. The lowest BCUT2D eigenvalue weighted by Crippen LogP contribution is -2.24. The number of nitrogens with zero attached hydrogens (tertiary/aromatic N) is 3. The van der Waals surface area contributed by atoms with Gasteiger partial charge in [-0.2, -0.15) is 0 Å². The molecule has 0 saturated heterocycles. The third-order valence-electron chi connectivity index (χ3n) is 4.25. The van der Waals surface area contributed by atoms with Gasteiger partial charge in [0.1, 0.15) is 17.3 Å². The van der Waals surface area contributed by atoms with E-state index in [-0.39, 0.29) is 5.91 Å². The summed E-state index contributed by atoms with van der Waals surface area (Å²) < 4.78 is 6.74. The number of nitrogens with one attached hydrogen (secondary N) is 1. The van der Waals surface area contributed by atoms with Gasteiger partial charge in [0.2, 0.25) is 5.91 Å². The Balaban J connectivity index is 1.85. The number of methoxy groups -OCH3 is 1. The number of carbonyl (C=O) groups excluding carboxylic acids is 1. The van der Waals surface area contributed by atoms with Crippen molar-refractivity contribution in [2.75, 3.05) is 12.4 Å². The maximum atomic E-state index is 12.6. The van der Waals surface area contributed by atoms with Gasteiger partial charge in [0.05, 0.1) is 17.6 Å². The summed E-state index contributed by atoms with van der Waals surface area (Å²) in [4.78, 5) is 12.6. The van der Waals surface area contributed by atoms with Crippen molar-refractivity contribution in [3.05, 3.63) is 46.5 Å². The van der Waals surface area contributed by atoms with Crippen LogP contribution < -0.4 is 10.1 Å². The molecule has 0 radical (unpaired) electrons. The van der Waals surface area contributed by atoms with Crippen LogP contribution in [0.1, 0.15) is 24.1 Å². The molecule has 0 spiro atoms. The van der Waals surface area contributed by atoms with Crippen LogP contribution in [0.4, 0.5) is 5.69 Å². The monoisotopic (exact) mass is 358 g/mol. The molecule has 7 heteroatoms. The van der Waals surface area contributed by atoms with Crippen LogP contribution in [0.5, 0.6) is 5.75 Å². The van der Waals surface area contributed by atoms with Gasteiger partial charge in [-0.25, -0.2) is 4.68 Å². The molecule has 1 heterocycles. The smallest absolute Gasteiger partial charge is 0.249 e. The van der Waals surface area contributed by atoms with E-state index in [0.717, 1.165) is 22.2 Å². The number of carbonyl (C=O) groups is 1. The minimum absolute atomic E-state index is 0.203. The zero-order chi connectivity index (χ0) is 18.1. The van der Waals surface area contributed by atoms with Gasteiger partial charge < -0.3 is 10.1 Å². The summed E-state index contributed by atoms with van der Waals surface area (Å²) in [6.07, 6.45) is 0. The highest BCUT2D eigenvalue weighted by Gasteiger charge is 2.19. The van der Waals surface area contributed by atoms with Crippen LogP contribution in [0, 0.1) is 13.8 Å². The Hall–Kier alpha value is -2.60. The Morgan fingerprint density at radius 3 is 2.64 bits per heavy atom. The fourth-order valence-electron chi connectivity index (χ4n) is 2.58. The summed E-state index contributed by atoms with van der Waals surface area (Å²) in [5, 5.41) is 11.6. The summed E-state index contributed by atoms with van der Waals surface area (Å²) in [7, 11) is 1.54. The first-order valence-electron chi connectivity index (χ1n) is 7.87. The average Bonchev–Trinajstić information content (AvgIpc) is 2.97. The summed E-state index contributed by atoms with van der Waals surface area (Å²) in [5.74, 6) is 0.354. The summed E-state index contributed by atoms with van der Waals surface area (Å²) >= 11 is 6.10. The SMILES string of the molecule is COc1ccc(NC(=O)C(C)n2nnc3cc(C)c(C)cc32)cc1Cl. The number of hydrogen-bond acceptors (Lipinski definition) is 4. The van der Waals surface area contributed by atoms with E-state index in [0.29, 0.717) is 16.5 Å². The lowest BCUT2D eigenvalue weighted by molar-refractivity contribution is -0.119. The van der Waals surface area contributed by atoms with Crippen molar-refractivity contribution in [2.24, 2.45) is 0 Å². The number of ether oxygens (including phenoxy) is 1. The number of anilines is 1.